The monoisotopic (exact) mass is 479 g/mol. The Kier molecular flexibility index (Phi) is 4.55. The van der Waals surface area contributed by atoms with Crippen LogP contribution in [0.1, 0.15) is 29.5 Å². The van der Waals surface area contributed by atoms with Crippen molar-refractivity contribution in [2.75, 3.05) is 0 Å². The third-order valence-electron chi connectivity index (χ3n) is 7.00. The van der Waals surface area contributed by atoms with Gasteiger partial charge in [0.05, 0.1) is 0 Å². The Balaban J connectivity index is 1.61. The molecule has 145 valence electrons. The van der Waals surface area contributed by atoms with Crippen LogP contribution in [-0.2, 0) is 20.9 Å². The van der Waals surface area contributed by atoms with Crippen LogP contribution in [0.15, 0.2) is 97.1 Å². The summed E-state index contributed by atoms with van der Waals surface area (Å²) >= 11 is -2.00. The summed E-state index contributed by atoms with van der Waals surface area (Å²) in [6, 6.07) is 37.1. The Hall–Kier alpha value is -2.02. The van der Waals surface area contributed by atoms with Gasteiger partial charge in [-0.1, -0.05) is 0 Å². The molecule has 0 amide bonds. The van der Waals surface area contributed by atoms with E-state index in [0.717, 1.165) is 0 Å². The molecule has 0 aromatic heterocycles. The van der Waals surface area contributed by atoms with Crippen LogP contribution in [-0.4, -0.2) is 5.92 Å². The van der Waals surface area contributed by atoms with Gasteiger partial charge in [0.2, 0.25) is 0 Å². The molecule has 0 unspecified atom stereocenters. The van der Waals surface area contributed by atoms with E-state index in [1.807, 2.05) is 0 Å². The van der Waals surface area contributed by atoms with Gasteiger partial charge in [0.1, 0.15) is 0 Å². The predicted octanol–water partition coefficient (Wildman–Crippen LogP) is 7.13. The van der Waals surface area contributed by atoms with Crippen molar-refractivity contribution in [3.8, 4) is 22.3 Å². The summed E-state index contributed by atoms with van der Waals surface area (Å²) in [5, 5.41) is 0. The van der Waals surface area contributed by atoms with Crippen molar-refractivity contribution in [3.05, 3.63) is 119 Å². The number of rotatable bonds is 3. The summed E-state index contributed by atoms with van der Waals surface area (Å²) in [6.07, 6.45) is 0. The SMILES string of the molecule is C[SiH](C)[Zr]([CH]1c2ccccc2-c2ccccc21)[CH]1c2ccccc2-c2ccccc21. The Morgan fingerprint density at radius 3 is 1.00 bits per heavy atom. The molecular weight excluding hydrogens is 456 g/mol. The maximum absolute atomic E-state index is 2.64. The van der Waals surface area contributed by atoms with Gasteiger partial charge in [-0.25, -0.2) is 0 Å². The fraction of sp³-hybridized carbons (Fsp3) is 0.143. The van der Waals surface area contributed by atoms with Gasteiger partial charge in [0.15, 0.2) is 0 Å². The van der Waals surface area contributed by atoms with E-state index in [1.165, 1.54) is 22.3 Å². The molecule has 0 spiro atoms. The van der Waals surface area contributed by atoms with E-state index in [9.17, 15) is 0 Å². The number of benzene rings is 4. The minimum atomic E-state index is -2.00. The first-order chi connectivity index (χ1) is 14.8. The Morgan fingerprint density at radius 1 is 0.467 bits per heavy atom. The predicted molar refractivity (Wildman–Crippen MR) is 126 cm³/mol. The third-order valence-corrected chi connectivity index (χ3v) is 28.4. The third kappa shape index (κ3) is 2.67. The fourth-order valence-electron chi connectivity index (χ4n) is 5.86. The molecule has 0 saturated carbocycles. The van der Waals surface area contributed by atoms with E-state index >= 15 is 0 Å². The number of fused-ring (bicyclic) bond motifs is 6. The van der Waals surface area contributed by atoms with Gasteiger partial charge in [-0.05, 0) is 0 Å². The topological polar surface area (TPSA) is 0 Å². The first-order valence-electron chi connectivity index (χ1n) is 11.0. The zero-order chi connectivity index (χ0) is 20.2. The molecule has 2 aliphatic carbocycles. The van der Waals surface area contributed by atoms with Crippen LogP contribution in [0, 0.1) is 0 Å². The minimum absolute atomic E-state index is 0.677. The standard InChI is InChI=1S/2C13H9.C2H7Si.Zr/c2*1-3-7-12-10(5-1)9-11-6-2-4-8-13(11)12;1-3-2;/h2*1-9H;3H,1-2H3;. The molecule has 0 saturated heterocycles. The van der Waals surface area contributed by atoms with Crippen molar-refractivity contribution < 1.29 is 20.9 Å². The quantitative estimate of drug-likeness (QED) is 0.274. The van der Waals surface area contributed by atoms with Crippen LogP contribution in [0.3, 0.4) is 0 Å². The Labute approximate surface area is 187 Å². The van der Waals surface area contributed by atoms with Crippen molar-refractivity contribution in [1.82, 2.24) is 0 Å². The molecule has 4 aromatic rings. The summed E-state index contributed by atoms with van der Waals surface area (Å²) in [4.78, 5) is 0. The van der Waals surface area contributed by atoms with Crippen molar-refractivity contribution in [2.45, 2.75) is 20.3 Å². The van der Waals surface area contributed by atoms with E-state index in [0.29, 0.717) is 7.25 Å². The summed E-state index contributed by atoms with van der Waals surface area (Å²) in [6.45, 7) is 5.28. The number of hydrogen-bond acceptors (Lipinski definition) is 0. The molecule has 0 N–H and O–H groups in total. The fourth-order valence-corrected chi connectivity index (χ4v) is 28.1. The van der Waals surface area contributed by atoms with Crippen molar-refractivity contribution in [2.24, 2.45) is 0 Å². The zero-order valence-electron chi connectivity index (χ0n) is 17.5. The van der Waals surface area contributed by atoms with Gasteiger partial charge >= 0.3 is 189 Å². The molecule has 30 heavy (non-hydrogen) atoms. The van der Waals surface area contributed by atoms with Crippen LogP contribution in [0.4, 0.5) is 0 Å². The molecule has 6 rings (SSSR count). The second kappa shape index (κ2) is 7.29. The first kappa shape index (κ1) is 18.7. The van der Waals surface area contributed by atoms with Crippen LogP contribution >= 0.6 is 0 Å². The molecule has 0 nitrogen and oxygen atoms in total. The van der Waals surface area contributed by atoms with Crippen LogP contribution in [0.5, 0.6) is 0 Å². The van der Waals surface area contributed by atoms with Crippen LogP contribution < -0.4 is 0 Å². The van der Waals surface area contributed by atoms with Gasteiger partial charge in [0, 0.05) is 0 Å². The molecule has 2 aliphatic rings. The second-order valence-corrected chi connectivity index (χ2v) is 28.9. The van der Waals surface area contributed by atoms with E-state index in [4.69, 9.17) is 0 Å². The van der Waals surface area contributed by atoms with E-state index in [1.54, 1.807) is 22.3 Å². The maximum atomic E-state index is 2.64. The molecule has 0 heterocycles. The molecule has 0 radical (unpaired) electrons. The zero-order valence-corrected chi connectivity index (χ0v) is 21.1. The first-order valence-corrected chi connectivity index (χ1v) is 21.0. The van der Waals surface area contributed by atoms with E-state index in [-0.39, 0.29) is 0 Å². The van der Waals surface area contributed by atoms with Crippen LogP contribution in [0.25, 0.3) is 22.3 Å². The molecule has 0 atom stereocenters. The Bertz CT molecular complexity index is 1070. The molecule has 0 fully saturated rings. The summed E-state index contributed by atoms with van der Waals surface area (Å²) in [7, 11) is 0. The van der Waals surface area contributed by atoms with Crippen molar-refractivity contribution >= 4 is 5.92 Å². The van der Waals surface area contributed by atoms with E-state index < -0.39 is 26.8 Å². The number of hydrogen-bond donors (Lipinski definition) is 0. The normalized spacial score (nSPS) is 14.4. The van der Waals surface area contributed by atoms with E-state index in [2.05, 4.69) is 110 Å². The van der Waals surface area contributed by atoms with Gasteiger partial charge in [-0.3, -0.25) is 0 Å². The molecule has 4 aromatic carbocycles. The summed E-state index contributed by atoms with van der Waals surface area (Å²) in [5.41, 5.74) is 12.5. The molecule has 2 heteroatoms. The van der Waals surface area contributed by atoms with Crippen molar-refractivity contribution in [3.63, 3.8) is 0 Å². The summed E-state index contributed by atoms with van der Waals surface area (Å²) in [5.74, 6) is -0.830. The van der Waals surface area contributed by atoms with Gasteiger partial charge in [-0.2, -0.15) is 0 Å². The van der Waals surface area contributed by atoms with Gasteiger partial charge < -0.3 is 0 Å². The van der Waals surface area contributed by atoms with Crippen molar-refractivity contribution in [1.29, 1.82) is 0 Å². The average molecular weight is 481 g/mol. The average Bonchev–Trinajstić information content (AvgIpc) is 3.29. The van der Waals surface area contributed by atoms with Crippen LogP contribution in [0.2, 0.25) is 13.1 Å². The van der Waals surface area contributed by atoms with Gasteiger partial charge in [-0.15, -0.1) is 0 Å². The van der Waals surface area contributed by atoms with Gasteiger partial charge in [0.25, 0.3) is 0 Å². The summed E-state index contributed by atoms with van der Waals surface area (Å²) < 4.78 is 1.35. The molecule has 0 aliphatic heterocycles. The Morgan fingerprint density at radius 2 is 0.733 bits per heavy atom. The molecular formula is C28H25SiZr. The second-order valence-electron chi connectivity index (χ2n) is 8.87. The molecule has 0 bridgehead atoms.